The molecule has 3 aromatic heterocycles. The molecular weight excluding hydrogens is 761 g/mol. The molecule has 0 aliphatic heterocycles. The number of allylic oxidation sites excluding steroid dienone is 2. The number of hydrogen-bond donors (Lipinski definition) is 0. The Morgan fingerprint density at radius 2 is 0.807 bits per heavy atom. The van der Waals surface area contributed by atoms with Crippen LogP contribution in [0.25, 0.3) is 84.8 Å². The van der Waals surface area contributed by atoms with Crippen molar-refractivity contribution < 1.29 is 19.2 Å². The summed E-state index contributed by atoms with van der Waals surface area (Å²) in [7, 11) is 0. The van der Waals surface area contributed by atoms with Crippen molar-refractivity contribution in [3.63, 3.8) is 0 Å². The van der Waals surface area contributed by atoms with Gasteiger partial charge in [-0.25, -0.2) is 0 Å². The van der Waals surface area contributed by atoms with Crippen LogP contribution in [0.4, 0.5) is 0 Å². The highest BCUT2D eigenvalue weighted by Gasteiger charge is 2.35. The predicted octanol–water partition coefficient (Wildman–Crippen LogP) is 13.5. The molecule has 0 N–H and O–H groups in total. The Morgan fingerprint density at radius 1 is 0.404 bits per heavy atom. The molecule has 0 atom stereocenters. The molecule has 12 rings (SSSR count). The number of thiophene rings is 3. The Bertz CT molecular complexity index is 3530. The first kappa shape index (κ1) is 32.8. The lowest BCUT2D eigenvalue weighted by atomic mass is 9.99. The summed E-state index contributed by atoms with van der Waals surface area (Å²) in [5.74, 6) is -0.930. The van der Waals surface area contributed by atoms with Gasteiger partial charge in [0, 0.05) is 51.5 Å². The SMILES string of the molecule is Cc1c2cc(C=C3C(=O)c4cc5cc6ccccc6cc5cc4C3=O)sc2c(C)c2c1sc1cc(C=C3C(=O)c4cc5cc6ccccc6cc5cc4C3=O)sc12. The predicted molar refractivity (Wildman–Crippen MR) is 238 cm³/mol. The fourth-order valence-corrected chi connectivity index (χ4v) is 12.8. The minimum atomic E-state index is -0.233. The van der Waals surface area contributed by atoms with Gasteiger partial charge in [-0.05, 0) is 146 Å². The van der Waals surface area contributed by atoms with Gasteiger partial charge >= 0.3 is 0 Å². The molecule has 0 fully saturated rings. The van der Waals surface area contributed by atoms with Crippen LogP contribution in [0.3, 0.4) is 0 Å². The van der Waals surface area contributed by atoms with Crippen molar-refractivity contribution in [1.29, 1.82) is 0 Å². The molecule has 2 aliphatic carbocycles. The van der Waals surface area contributed by atoms with Gasteiger partial charge in [0.1, 0.15) is 0 Å². The minimum Gasteiger partial charge on any atom is -0.288 e. The van der Waals surface area contributed by atoms with Gasteiger partial charge in [0.15, 0.2) is 23.1 Å². The number of rotatable bonds is 2. The van der Waals surface area contributed by atoms with E-state index in [0.29, 0.717) is 22.3 Å². The van der Waals surface area contributed by atoms with Crippen LogP contribution in [0.1, 0.15) is 62.3 Å². The number of carbonyl (C=O) groups excluding carboxylic acids is 4. The average Bonchev–Trinajstić information content (AvgIpc) is 4.01. The van der Waals surface area contributed by atoms with Crippen molar-refractivity contribution in [2.45, 2.75) is 13.8 Å². The topological polar surface area (TPSA) is 68.3 Å². The molecule has 7 heteroatoms. The summed E-state index contributed by atoms with van der Waals surface area (Å²) in [6, 6.07) is 36.2. The largest absolute Gasteiger partial charge is 0.288 e. The monoisotopic (exact) mass is 786 g/mol. The van der Waals surface area contributed by atoms with Crippen molar-refractivity contribution >= 4 is 142 Å². The molecule has 3 heterocycles. The minimum absolute atomic E-state index is 0.201. The van der Waals surface area contributed by atoms with Gasteiger partial charge in [0.2, 0.25) is 0 Å². The van der Waals surface area contributed by atoms with Gasteiger partial charge in [-0.3, -0.25) is 19.2 Å². The lowest BCUT2D eigenvalue weighted by Crippen LogP contribution is -1.99. The molecule has 4 nitrogen and oxygen atoms in total. The molecule has 0 unspecified atom stereocenters. The molecule has 10 aromatic rings. The zero-order valence-corrected chi connectivity index (χ0v) is 32.9. The second-order valence-electron chi connectivity index (χ2n) is 15.1. The standard InChI is InChI=1S/C50H26O4S3/c1-23-35-19-33(20-40-44(51)36-15-29-11-25-7-3-4-8-26(25)12-30(29)16-37(36)45(40)52)55-48(35)24(2)43-49(23)57-42-22-34(56-50(42)43)21-41-46(53)38-17-31-13-27-9-5-6-10-28(27)14-32(31)18-39(38)47(41)54/h3-22H,1-2H3. The molecule has 2 aliphatic rings. The van der Waals surface area contributed by atoms with Crippen LogP contribution < -0.4 is 0 Å². The third kappa shape index (κ3) is 4.65. The van der Waals surface area contributed by atoms with Gasteiger partial charge < -0.3 is 0 Å². The van der Waals surface area contributed by atoms with E-state index >= 15 is 0 Å². The number of benzene rings is 7. The van der Waals surface area contributed by atoms with Crippen LogP contribution in [0.5, 0.6) is 0 Å². The molecule has 0 radical (unpaired) electrons. The Kier molecular flexibility index (Phi) is 6.67. The highest BCUT2D eigenvalue weighted by atomic mass is 32.1. The molecular formula is C50H26O4S3. The summed E-state index contributed by atoms with van der Waals surface area (Å²) in [5, 5.41) is 10.4. The van der Waals surface area contributed by atoms with E-state index in [1.54, 1.807) is 46.2 Å². The van der Waals surface area contributed by atoms with Crippen molar-refractivity contribution in [1.82, 2.24) is 0 Å². The van der Waals surface area contributed by atoms with Crippen LogP contribution in [-0.2, 0) is 0 Å². The molecule has 57 heavy (non-hydrogen) atoms. The highest BCUT2D eigenvalue weighted by molar-refractivity contribution is 7.33. The summed E-state index contributed by atoms with van der Waals surface area (Å²) >= 11 is 4.91. The Balaban J connectivity index is 0.913. The third-order valence-corrected chi connectivity index (χ3v) is 15.5. The van der Waals surface area contributed by atoms with Gasteiger partial charge in [-0.1, -0.05) is 48.5 Å². The first-order valence-electron chi connectivity index (χ1n) is 18.6. The van der Waals surface area contributed by atoms with Crippen LogP contribution >= 0.6 is 34.0 Å². The maximum Gasteiger partial charge on any atom is 0.197 e. The van der Waals surface area contributed by atoms with Gasteiger partial charge in [-0.2, -0.15) is 0 Å². The lowest BCUT2D eigenvalue weighted by Gasteiger charge is -2.04. The van der Waals surface area contributed by atoms with Crippen molar-refractivity contribution in [3.8, 4) is 0 Å². The number of ketones is 4. The van der Waals surface area contributed by atoms with E-state index in [1.165, 1.54) is 10.1 Å². The number of fused-ring (bicyclic) bond motifs is 10. The summed E-state index contributed by atoms with van der Waals surface area (Å²) in [6.07, 6.45) is 3.54. The maximum atomic E-state index is 13.8. The summed E-state index contributed by atoms with van der Waals surface area (Å²) in [4.78, 5) is 56.7. The molecule has 0 spiro atoms. The maximum absolute atomic E-state index is 13.8. The third-order valence-electron chi connectivity index (χ3n) is 11.8. The molecule has 0 amide bonds. The zero-order chi connectivity index (χ0) is 38.4. The molecule has 268 valence electrons. The normalized spacial score (nSPS) is 14.2. The first-order valence-corrected chi connectivity index (χ1v) is 21.1. The second kappa shape index (κ2) is 11.6. The Hall–Kier alpha value is -6.38. The Labute approximate surface area is 336 Å². The van der Waals surface area contributed by atoms with Crippen LogP contribution in [0.15, 0.2) is 120 Å². The van der Waals surface area contributed by atoms with E-state index in [1.807, 2.05) is 48.5 Å². The molecule has 0 saturated heterocycles. The van der Waals surface area contributed by atoms with Crippen LogP contribution in [0, 0.1) is 13.8 Å². The number of Topliss-reactive ketones (excluding diaryl/α,β-unsaturated/α-hetero) is 4. The van der Waals surface area contributed by atoms with Gasteiger partial charge in [-0.15, -0.1) is 34.0 Å². The summed E-state index contributed by atoms with van der Waals surface area (Å²) < 4.78 is 4.54. The highest BCUT2D eigenvalue weighted by Crippen LogP contribution is 2.48. The number of hydrogen-bond acceptors (Lipinski definition) is 7. The van der Waals surface area contributed by atoms with Gasteiger partial charge in [0.05, 0.1) is 15.8 Å². The van der Waals surface area contributed by atoms with E-state index < -0.39 is 0 Å². The number of carbonyl (C=O) groups is 4. The van der Waals surface area contributed by atoms with Crippen LogP contribution in [0.2, 0.25) is 0 Å². The van der Waals surface area contributed by atoms with Crippen molar-refractivity contribution in [3.05, 3.63) is 163 Å². The van der Waals surface area contributed by atoms with Gasteiger partial charge in [0.25, 0.3) is 0 Å². The molecule has 0 bridgehead atoms. The van der Waals surface area contributed by atoms with E-state index in [0.717, 1.165) is 83.5 Å². The number of aryl methyl sites for hydroxylation is 2. The average molecular weight is 787 g/mol. The van der Waals surface area contributed by atoms with E-state index in [2.05, 4.69) is 74.5 Å². The van der Waals surface area contributed by atoms with E-state index in [4.69, 9.17) is 0 Å². The fourth-order valence-electron chi connectivity index (χ4n) is 8.93. The fraction of sp³-hybridized carbons (Fsp3) is 0.0400. The van der Waals surface area contributed by atoms with Crippen molar-refractivity contribution in [2.24, 2.45) is 0 Å². The van der Waals surface area contributed by atoms with E-state index in [9.17, 15) is 19.2 Å². The summed E-state index contributed by atoms with van der Waals surface area (Å²) in [5.41, 5.74) is 4.53. The van der Waals surface area contributed by atoms with E-state index in [-0.39, 0.29) is 34.3 Å². The Morgan fingerprint density at radius 3 is 1.25 bits per heavy atom. The lowest BCUT2D eigenvalue weighted by molar-refractivity contribution is 0.0975. The quantitative estimate of drug-likeness (QED) is 0.0994. The zero-order valence-electron chi connectivity index (χ0n) is 30.4. The molecule has 7 aromatic carbocycles. The smallest absolute Gasteiger partial charge is 0.197 e. The van der Waals surface area contributed by atoms with Crippen molar-refractivity contribution in [2.75, 3.05) is 0 Å². The molecule has 0 saturated carbocycles. The second-order valence-corrected chi connectivity index (χ2v) is 18.3. The van der Waals surface area contributed by atoms with Crippen LogP contribution in [-0.4, -0.2) is 23.1 Å². The first-order chi connectivity index (χ1) is 27.7. The summed E-state index contributed by atoms with van der Waals surface area (Å²) in [6.45, 7) is 4.27.